The summed E-state index contributed by atoms with van der Waals surface area (Å²) in [6.45, 7) is 3.44. The van der Waals surface area contributed by atoms with Gasteiger partial charge in [-0.25, -0.2) is 0 Å². The average Bonchev–Trinajstić information content (AvgIpc) is 3.04. The lowest BCUT2D eigenvalue weighted by Crippen LogP contribution is -2.39. The molecule has 124 valence electrons. The molecule has 0 amide bonds. The van der Waals surface area contributed by atoms with E-state index in [0.717, 1.165) is 6.54 Å². The lowest BCUT2D eigenvalue weighted by atomic mass is 10.2. The van der Waals surface area contributed by atoms with Crippen molar-refractivity contribution in [1.29, 1.82) is 0 Å². The minimum atomic E-state index is -0.254. The first kappa shape index (κ1) is 16.0. The van der Waals surface area contributed by atoms with E-state index in [1.165, 1.54) is 7.11 Å². The van der Waals surface area contributed by atoms with Gasteiger partial charge < -0.3 is 24.1 Å². The molecule has 1 saturated heterocycles. The topological polar surface area (TPSA) is 78.6 Å². The maximum Gasteiger partial charge on any atom is 0.257 e. The molecule has 0 spiro atoms. The molecule has 0 bridgehead atoms. The number of nitrogens with zero attached hydrogens (tertiary/aromatic N) is 2. The number of aromatic nitrogens is 2. The van der Waals surface area contributed by atoms with Crippen LogP contribution in [0.4, 0.5) is 0 Å². The van der Waals surface area contributed by atoms with E-state index in [-0.39, 0.29) is 12.2 Å². The van der Waals surface area contributed by atoms with Crippen molar-refractivity contribution < 1.29 is 18.7 Å². The van der Waals surface area contributed by atoms with Gasteiger partial charge in [-0.05, 0) is 19.1 Å². The summed E-state index contributed by atoms with van der Waals surface area (Å²) in [6, 6.07) is 3.46. The van der Waals surface area contributed by atoms with E-state index < -0.39 is 0 Å². The van der Waals surface area contributed by atoms with Crippen LogP contribution < -0.4 is 14.8 Å². The van der Waals surface area contributed by atoms with Crippen LogP contribution in [0.25, 0.3) is 11.4 Å². The van der Waals surface area contributed by atoms with E-state index in [1.54, 1.807) is 19.2 Å². The summed E-state index contributed by atoms with van der Waals surface area (Å²) < 4.78 is 21.6. The Morgan fingerprint density at radius 3 is 2.78 bits per heavy atom. The fraction of sp³-hybridized carbons (Fsp3) is 0.467. The minimum absolute atomic E-state index is 0.0969. The fourth-order valence-corrected chi connectivity index (χ4v) is 2.76. The van der Waals surface area contributed by atoms with Crippen LogP contribution in [0, 0.1) is 0 Å². The Bertz CT molecular complexity index is 691. The van der Waals surface area contributed by atoms with Gasteiger partial charge >= 0.3 is 0 Å². The molecule has 0 saturated carbocycles. The van der Waals surface area contributed by atoms with Crippen LogP contribution >= 0.6 is 11.6 Å². The normalized spacial score (nSPS) is 21.2. The maximum atomic E-state index is 6.21. The number of methoxy groups -OCH3 is 2. The monoisotopic (exact) mass is 339 g/mol. The second-order valence-electron chi connectivity index (χ2n) is 5.24. The van der Waals surface area contributed by atoms with Gasteiger partial charge in [0.05, 0.1) is 25.3 Å². The zero-order valence-electron chi connectivity index (χ0n) is 13.1. The molecule has 1 fully saturated rings. The molecule has 0 radical (unpaired) electrons. The van der Waals surface area contributed by atoms with Crippen molar-refractivity contribution in [3.63, 3.8) is 0 Å². The third-order valence-corrected chi connectivity index (χ3v) is 3.85. The van der Waals surface area contributed by atoms with Crippen LogP contribution in [0.2, 0.25) is 5.02 Å². The second kappa shape index (κ2) is 6.74. The Morgan fingerprint density at radius 1 is 1.26 bits per heavy atom. The van der Waals surface area contributed by atoms with Gasteiger partial charge in [-0.15, -0.1) is 0 Å². The molecule has 0 unspecified atom stereocenters. The van der Waals surface area contributed by atoms with Crippen molar-refractivity contribution in [2.75, 3.05) is 27.3 Å². The van der Waals surface area contributed by atoms with Crippen molar-refractivity contribution in [2.24, 2.45) is 0 Å². The van der Waals surface area contributed by atoms with Gasteiger partial charge in [0, 0.05) is 18.7 Å². The number of morpholine rings is 1. The van der Waals surface area contributed by atoms with Crippen molar-refractivity contribution in [2.45, 2.75) is 19.1 Å². The number of nitrogens with one attached hydrogen (secondary N) is 1. The summed E-state index contributed by atoms with van der Waals surface area (Å²) in [5, 5.41) is 7.69. The largest absolute Gasteiger partial charge is 0.493 e. The Hall–Kier alpha value is -1.83. The zero-order valence-corrected chi connectivity index (χ0v) is 13.9. The number of hydrogen-bond donors (Lipinski definition) is 1. The van der Waals surface area contributed by atoms with E-state index in [9.17, 15) is 0 Å². The lowest BCUT2D eigenvalue weighted by molar-refractivity contribution is -0.0438. The molecular formula is C15H18ClN3O4. The van der Waals surface area contributed by atoms with Crippen molar-refractivity contribution >= 4 is 11.6 Å². The molecule has 23 heavy (non-hydrogen) atoms. The van der Waals surface area contributed by atoms with Crippen LogP contribution in [0.1, 0.15) is 18.9 Å². The lowest BCUT2D eigenvalue weighted by Gasteiger charge is -2.25. The maximum absolute atomic E-state index is 6.21. The van der Waals surface area contributed by atoms with Gasteiger partial charge in [0.2, 0.25) is 5.82 Å². The van der Waals surface area contributed by atoms with E-state index in [1.807, 2.05) is 6.92 Å². The SMILES string of the molecule is COc1cc(-c2noc([C@H]3CNC[C@@H](C)O3)n2)cc(Cl)c1OC. The highest BCUT2D eigenvalue weighted by Crippen LogP contribution is 2.38. The van der Waals surface area contributed by atoms with E-state index in [2.05, 4.69) is 15.5 Å². The minimum Gasteiger partial charge on any atom is -0.493 e. The highest BCUT2D eigenvalue weighted by Gasteiger charge is 2.26. The van der Waals surface area contributed by atoms with Crippen LogP contribution in [-0.2, 0) is 4.74 Å². The molecule has 1 aliphatic rings. The molecule has 2 atom stereocenters. The average molecular weight is 340 g/mol. The standard InChI is InChI=1S/C15H18ClN3O4/c1-8-6-17-7-12(22-8)15-18-14(19-23-15)9-4-10(16)13(21-3)11(5-9)20-2/h4-5,8,12,17H,6-7H2,1-3H3/t8-,12-/m1/s1. The molecule has 2 heterocycles. The molecule has 2 aromatic rings. The predicted octanol–water partition coefficient (Wildman–Crippen LogP) is 2.46. The summed E-state index contributed by atoms with van der Waals surface area (Å²) in [5.74, 6) is 1.83. The van der Waals surface area contributed by atoms with Gasteiger partial charge in [0.15, 0.2) is 11.5 Å². The molecular weight excluding hydrogens is 322 g/mol. The Kier molecular flexibility index (Phi) is 4.70. The summed E-state index contributed by atoms with van der Waals surface area (Å²) in [6.07, 6.45) is -0.157. The van der Waals surface area contributed by atoms with Crippen molar-refractivity contribution in [1.82, 2.24) is 15.5 Å². The molecule has 1 aromatic carbocycles. The molecule has 0 aliphatic carbocycles. The number of hydrogen-bond acceptors (Lipinski definition) is 7. The fourth-order valence-electron chi connectivity index (χ4n) is 2.47. The first-order chi connectivity index (χ1) is 11.1. The molecule has 1 aromatic heterocycles. The first-order valence-electron chi connectivity index (χ1n) is 7.24. The van der Waals surface area contributed by atoms with Crippen LogP contribution in [0.3, 0.4) is 0 Å². The summed E-state index contributed by atoms with van der Waals surface area (Å²) in [5.41, 5.74) is 0.680. The summed E-state index contributed by atoms with van der Waals surface area (Å²) in [7, 11) is 3.08. The highest BCUT2D eigenvalue weighted by atomic mass is 35.5. The zero-order chi connectivity index (χ0) is 16.4. The van der Waals surface area contributed by atoms with Gasteiger partial charge in [0.25, 0.3) is 5.89 Å². The second-order valence-corrected chi connectivity index (χ2v) is 5.65. The Labute approximate surface area is 138 Å². The third-order valence-electron chi connectivity index (χ3n) is 3.57. The number of ether oxygens (including phenoxy) is 3. The molecule has 1 aliphatic heterocycles. The first-order valence-corrected chi connectivity index (χ1v) is 7.61. The number of benzene rings is 1. The van der Waals surface area contributed by atoms with E-state index in [0.29, 0.717) is 40.3 Å². The molecule has 8 heteroatoms. The Morgan fingerprint density at radius 2 is 2.09 bits per heavy atom. The molecule has 3 rings (SSSR count). The third kappa shape index (κ3) is 3.26. The van der Waals surface area contributed by atoms with Crippen LogP contribution in [0.5, 0.6) is 11.5 Å². The van der Waals surface area contributed by atoms with Crippen LogP contribution in [0.15, 0.2) is 16.7 Å². The predicted molar refractivity (Wildman–Crippen MR) is 84.0 cm³/mol. The molecule has 7 nitrogen and oxygen atoms in total. The highest BCUT2D eigenvalue weighted by molar-refractivity contribution is 6.32. The van der Waals surface area contributed by atoms with E-state index >= 15 is 0 Å². The van der Waals surface area contributed by atoms with Gasteiger partial charge in [-0.2, -0.15) is 4.98 Å². The van der Waals surface area contributed by atoms with Gasteiger partial charge in [-0.1, -0.05) is 16.8 Å². The van der Waals surface area contributed by atoms with Gasteiger partial charge in [0.1, 0.15) is 6.10 Å². The van der Waals surface area contributed by atoms with Gasteiger partial charge in [-0.3, -0.25) is 0 Å². The summed E-state index contributed by atoms with van der Waals surface area (Å²) >= 11 is 6.21. The summed E-state index contributed by atoms with van der Waals surface area (Å²) in [4.78, 5) is 4.41. The number of halogens is 1. The number of rotatable bonds is 4. The van der Waals surface area contributed by atoms with Crippen molar-refractivity contribution in [3.8, 4) is 22.9 Å². The smallest absolute Gasteiger partial charge is 0.257 e. The Balaban J connectivity index is 1.89. The van der Waals surface area contributed by atoms with Crippen molar-refractivity contribution in [3.05, 3.63) is 23.0 Å². The molecule has 1 N–H and O–H groups in total. The van der Waals surface area contributed by atoms with Crippen LogP contribution in [-0.4, -0.2) is 43.6 Å². The quantitative estimate of drug-likeness (QED) is 0.916. The van der Waals surface area contributed by atoms with E-state index in [4.69, 9.17) is 30.3 Å².